The van der Waals surface area contributed by atoms with Gasteiger partial charge in [-0.15, -0.1) is 0 Å². The number of nitrogens with zero attached hydrogens (tertiary/aromatic N) is 1. The molecule has 1 aliphatic heterocycles. The standard InChI is InChI=1S/C17H18BrN3OS/c18-12-5-6-16(20-11-12)23-15-4-2-1-3-14(15)17(22)21-13-7-9-19-10-8-13/h1-6,11,13,19H,7-10H2,(H,21,22). The summed E-state index contributed by atoms with van der Waals surface area (Å²) < 4.78 is 0.943. The van der Waals surface area contributed by atoms with E-state index in [9.17, 15) is 4.79 Å². The Morgan fingerprint density at radius 3 is 2.74 bits per heavy atom. The smallest absolute Gasteiger partial charge is 0.252 e. The molecule has 4 nitrogen and oxygen atoms in total. The van der Waals surface area contributed by atoms with Gasteiger partial charge >= 0.3 is 0 Å². The van der Waals surface area contributed by atoms with Gasteiger partial charge in [-0.2, -0.15) is 0 Å². The van der Waals surface area contributed by atoms with Crippen LogP contribution in [-0.4, -0.2) is 30.0 Å². The van der Waals surface area contributed by atoms with Crippen LogP contribution in [0.2, 0.25) is 0 Å². The van der Waals surface area contributed by atoms with Gasteiger partial charge in [-0.1, -0.05) is 23.9 Å². The molecule has 2 aromatic rings. The number of amides is 1. The summed E-state index contributed by atoms with van der Waals surface area (Å²) >= 11 is 4.89. The van der Waals surface area contributed by atoms with Crippen LogP contribution in [0, 0.1) is 0 Å². The maximum Gasteiger partial charge on any atom is 0.252 e. The van der Waals surface area contributed by atoms with E-state index >= 15 is 0 Å². The van der Waals surface area contributed by atoms with Crippen LogP contribution >= 0.6 is 27.7 Å². The molecule has 2 heterocycles. The SMILES string of the molecule is O=C(NC1CCNCC1)c1ccccc1Sc1ccc(Br)cn1. The number of rotatable bonds is 4. The molecule has 23 heavy (non-hydrogen) atoms. The molecule has 1 fully saturated rings. The van der Waals surface area contributed by atoms with E-state index in [4.69, 9.17) is 0 Å². The quantitative estimate of drug-likeness (QED) is 0.837. The molecule has 1 amide bonds. The molecular weight excluding hydrogens is 374 g/mol. The third-order valence-corrected chi connectivity index (χ3v) is 5.22. The highest BCUT2D eigenvalue weighted by molar-refractivity contribution is 9.10. The Bertz CT molecular complexity index is 672. The summed E-state index contributed by atoms with van der Waals surface area (Å²) in [5.41, 5.74) is 0.709. The highest BCUT2D eigenvalue weighted by atomic mass is 79.9. The first-order valence-corrected chi connectivity index (χ1v) is 9.23. The first-order chi connectivity index (χ1) is 11.2. The van der Waals surface area contributed by atoms with Gasteiger partial charge in [-0.05, 0) is 66.1 Å². The van der Waals surface area contributed by atoms with Crippen LogP contribution in [0.25, 0.3) is 0 Å². The lowest BCUT2D eigenvalue weighted by molar-refractivity contribution is 0.0926. The zero-order valence-electron chi connectivity index (χ0n) is 12.6. The third kappa shape index (κ3) is 4.56. The Morgan fingerprint density at radius 1 is 1.22 bits per heavy atom. The van der Waals surface area contributed by atoms with Gasteiger partial charge in [-0.25, -0.2) is 4.98 Å². The summed E-state index contributed by atoms with van der Waals surface area (Å²) in [6.07, 6.45) is 3.73. The van der Waals surface area contributed by atoms with Crippen molar-refractivity contribution in [2.45, 2.75) is 28.8 Å². The number of nitrogens with one attached hydrogen (secondary N) is 2. The average molecular weight is 392 g/mol. The molecule has 2 N–H and O–H groups in total. The molecule has 3 rings (SSSR count). The number of benzene rings is 1. The van der Waals surface area contributed by atoms with Crippen molar-refractivity contribution in [2.75, 3.05) is 13.1 Å². The normalized spacial score (nSPS) is 15.3. The number of carbonyl (C=O) groups excluding carboxylic acids is 1. The molecule has 1 aliphatic rings. The Labute approximate surface area is 148 Å². The van der Waals surface area contributed by atoms with Crippen molar-refractivity contribution in [3.8, 4) is 0 Å². The summed E-state index contributed by atoms with van der Waals surface area (Å²) in [6.45, 7) is 1.92. The molecule has 120 valence electrons. The van der Waals surface area contributed by atoms with E-state index in [2.05, 4.69) is 31.5 Å². The average Bonchev–Trinajstić information content (AvgIpc) is 2.58. The fraction of sp³-hybridized carbons (Fsp3) is 0.294. The maximum atomic E-state index is 12.6. The number of aromatic nitrogens is 1. The van der Waals surface area contributed by atoms with Crippen molar-refractivity contribution < 1.29 is 4.79 Å². The van der Waals surface area contributed by atoms with Crippen molar-refractivity contribution in [1.82, 2.24) is 15.6 Å². The minimum Gasteiger partial charge on any atom is -0.349 e. The fourth-order valence-electron chi connectivity index (χ4n) is 2.51. The van der Waals surface area contributed by atoms with Crippen molar-refractivity contribution in [1.29, 1.82) is 0 Å². The van der Waals surface area contributed by atoms with Crippen LogP contribution < -0.4 is 10.6 Å². The number of piperidine rings is 1. The Hall–Kier alpha value is -1.37. The lowest BCUT2D eigenvalue weighted by Gasteiger charge is -2.24. The molecule has 0 bridgehead atoms. The van der Waals surface area contributed by atoms with Gasteiger partial charge in [0, 0.05) is 21.6 Å². The van der Waals surface area contributed by atoms with E-state index in [1.807, 2.05) is 36.4 Å². The van der Waals surface area contributed by atoms with E-state index in [0.29, 0.717) is 5.56 Å². The first-order valence-electron chi connectivity index (χ1n) is 7.62. The highest BCUT2D eigenvalue weighted by Crippen LogP contribution is 2.29. The van der Waals surface area contributed by atoms with E-state index in [0.717, 1.165) is 40.3 Å². The van der Waals surface area contributed by atoms with E-state index in [-0.39, 0.29) is 11.9 Å². The first kappa shape index (κ1) is 16.5. The van der Waals surface area contributed by atoms with Gasteiger partial charge in [0.25, 0.3) is 5.91 Å². The number of hydrogen-bond donors (Lipinski definition) is 2. The minimum atomic E-state index is -0.00267. The lowest BCUT2D eigenvalue weighted by atomic mass is 10.1. The summed E-state index contributed by atoms with van der Waals surface area (Å²) in [6, 6.07) is 11.8. The van der Waals surface area contributed by atoms with Gasteiger partial charge in [-0.3, -0.25) is 4.79 Å². The Balaban J connectivity index is 1.74. The Kier molecular flexibility index (Phi) is 5.70. The zero-order valence-corrected chi connectivity index (χ0v) is 15.0. The number of carbonyl (C=O) groups is 1. The molecule has 1 saturated heterocycles. The predicted molar refractivity (Wildman–Crippen MR) is 95.9 cm³/mol. The maximum absolute atomic E-state index is 12.6. The number of hydrogen-bond acceptors (Lipinski definition) is 4. The number of halogens is 1. The molecule has 6 heteroatoms. The molecule has 0 unspecified atom stereocenters. The van der Waals surface area contributed by atoms with Crippen molar-refractivity contribution in [3.05, 3.63) is 52.6 Å². The predicted octanol–water partition coefficient (Wildman–Crippen LogP) is 3.48. The van der Waals surface area contributed by atoms with Crippen LogP contribution in [0.15, 0.2) is 57.0 Å². The highest BCUT2D eigenvalue weighted by Gasteiger charge is 2.18. The molecule has 0 aliphatic carbocycles. The summed E-state index contributed by atoms with van der Waals surface area (Å²) in [5, 5.41) is 7.33. The van der Waals surface area contributed by atoms with Crippen molar-refractivity contribution in [3.63, 3.8) is 0 Å². The van der Waals surface area contributed by atoms with Crippen LogP contribution in [0.3, 0.4) is 0 Å². The molecular formula is C17H18BrN3OS. The molecule has 1 aromatic heterocycles. The second-order valence-corrected chi connectivity index (χ2v) is 7.39. The van der Waals surface area contributed by atoms with Crippen LogP contribution in [0.1, 0.15) is 23.2 Å². The molecule has 0 radical (unpaired) electrons. The van der Waals surface area contributed by atoms with E-state index in [1.54, 1.807) is 6.20 Å². The topological polar surface area (TPSA) is 54.0 Å². The summed E-state index contributed by atoms with van der Waals surface area (Å²) in [4.78, 5) is 17.9. The second-order valence-electron chi connectivity index (χ2n) is 5.41. The monoisotopic (exact) mass is 391 g/mol. The van der Waals surface area contributed by atoms with E-state index < -0.39 is 0 Å². The molecule has 0 spiro atoms. The van der Waals surface area contributed by atoms with Crippen LogP contribution in [0.4, 0.5) is 0 Å². The fourth-order valence-corrected chi connectivity index (χ4v) is 3.63. The van der Waals surface area contributed by atoms with Gasteiger partial charge in [0.15, 0.2) is 0 Å². The van der Waals surface area contributed by atoms with Crippen LogP contribution in [-0.2, 0) is 0 Å². The van der Waals surface area contributed by atoms with Gasteiger partial charge < -0.3 is 10.6 Å². The van der Waals surface area contributed by atoms with Crippen molar-refractivity contribution in [2.24, 2.45) is 0 Å². The molecule has 0 atom stereocenters. The largest absolute Gasteiger partial charge is 0.349 e. The van der Waals surface area contributed by atoms with Gasteiger partial charge in [0.05, 0.1) is 5.56 Å². The molecule has 1 aromatic carbocycles. The zero-order chi connectivity index (χ0) is 16.1. The summed E-state index contributed by atoms with van der Waals surface area (Å²) in [5.74, 6) is -0.00267. The summed E-state index contributed by atoms with van der Waals surface area (Å²) in [7, 11) is 0. The Morgan fingerprint density at radius 2 is 2.00 bits per heavy atom. The van der Waals surface area contributed by atoms with Crippen LogP contribution in [0.5, 0.6) is 0 Å². The van der Waals surface area contributed by atoms with Crippen molar-refractivity contribution >= 4 is 33.6 Å². The van der Waals surface area contributed by atoms with Gasteiger partial charge in [0.1, 0.15) is 5.03 Å². The molecule has 0 saturated carbocycles. The third-order valence-electron chi connectivity index (χ3n) is 3.72. The second kappa shape index (κ2) is 7.95. The minimum absolute atomic E-state index is 0.00267. The van der Waals surface area contributed by atoms with Gasteiger partial charge in [0.2, 0.25) is 0 Å². The lowest BCUT2D eigenvalue weighted by Crippen LogP contribution is -2.42. The number of pyridine rings is 1. The van der Waals surface area contributed by atoms with E-state index in [1.165, 1.54) is 11.8 Å².